The van der Waals surface area contributed by atoms with Gasteiger partial charge in [-0.25, -0.2) is 9.20 Å². The third kappa shape index (κ3) is 3.31. The number of furan rings is 1. The summed E-state index contributed by atoms with van der Waals surface area (Å²) in [5, 5.41) is 10.0. The van der Waals surface area contributed by atoms with Crippen molar-refractivity contribution in [2.75, 3.05) is 0 Å². The van der Waals surface area contributed by atoms with E-state index in [9.17, 15) is 19.5 Å². The summed E-state index contributed by atoms with van der Waals surface area (Å²) < 4.78 is 7.80. The van der Waals surface area contributed by atoms with Crippen LogP contribution >= 0.6 is 34.3 Å². The number of carboxylic acids is 1. The molecule has 0 aliphatic heterocycles. The molecule has 1 aromatic carbocycles. The highest BCUT2D eigenvalue weighted by atomic mass is 35.5. The summed E-state index contributed by atoms with van der Waals surface area (Å²) in [6.45, 7) is 0. The topological polar surface area (TPSA) is 102 Å². The number of thiophene rings is 1. The van der Waals surface area contributed by atoms with Gasteiger partial charge >= 0.3 is 5.97 Å². The van der Waals surface area contributed by atoms with E-state index in [4.69, 9.17) is 16.0 Å². The quantitative estimate of drug-likeness (QED) is 0.387. The minimum absolute atomic E-state index is 0.0222. The zero-order chi connectivity index (χ0) is 23.6. The molecule has 0 atom stereocenters. The predicted molar refractivity (Wildman–Crippen MR) is 133 cm³/mol. The van der Waals surface area contributed by atoms with E-state index in [1.807, 2.05) is 0 Å². The van der Waals surface area contributed by atoms with Gasteiger partial charge in [-0.15, -0.1) is 11.3 Å². The Bertz CT molecular complexity index is 1810. The molecule has 10 heteroatoms. The van der Waals surface area contributed by atoms with Crippen molar-refractivity contribution in [3.05, 3.63) is 82.4 Å². The van der Waals surface area contributed by atoms with Crippen molar-refractivity contribution in [1.82, 2.24) is 9.38 Å². The Morgan fingerprint density at radius 3 is 2.79 bits per heavy atom. The largest absolute Gasteiger partial charge is 0.478 e. The number of aryl methyl sites for hydroxylation is 2. The fourth-order valence-corrected chi connectivity index (χ4v) is 6.94. The van der Waals surface area contributed by atoms with Crippen LogP contribution in [-0.4, -0.2) is 20.5 Å². The summed E-state index contributed by atoms with van der Waals surface area (Å²) in [7, 11) is 0. The molecule has 0 radical (unpaired) electrons. The second-order valence-corrected chi connectivity index (χ2v) is 10.5. The summed E-state index contributed by atoms with van der Waals surface area (Å²) in [6.07, 6.45) is 5.51. The van der Waals surface area contributed by atoms with E-state index >= 15 is 0 Å². The number of nitrogens with zero attached hydrogens (tertiary/aromatic N) is 2. The van der Waals surface area contributed by atoms with Crippen LogP contribution in [0.15, 0.2) is 44.3 Å². The third-order valence-corrected chi connectivity index (χ3v) is 8.53. The molecule has 1 aliphatic rings. The van der Waals surface area contributed by atoms with Crippen LogP contribution in [0, 0.1) is 0 Å². The Morgan fingerprint density at radius 2 is 1.97 bits per heavy atom. The lowest BCUT2D eigenvalue weighted by Crippen LogP contribution is -2.24. The Labute approximate surface area is 204 Å². The molecule has 4 heterocycles. The molecule has 34 heavy (non-hydrogen) atoms. The van der Waals surface area contributed by atoms with Crippen molar-refractivity contribution in [2.45, 2.75) is 25.7 Å². The summed E-state index contributed by atoms with van der Waals surface area (Å²) in [5.41, 5.74) is 1.06. The van der Waals surface area contributed by atoms with E-state index in [1.54, 1.807) is 28.7 Å². The van der Waals surface area contributed by atoms with Gasteiger partial charge in [-0.2, -0.15) is 4.98 Å². The molecule has 6 rings (SSSR count). The molecule has 0 bridgehead atoms. The van der Waals surface area contributed by atoms with E-state index in [0.29, 0.717) is 36.8 Å². The lowest BCUT2D eigenvalue weighted by atomic mass is 9.97. The first-order chi connectivity index (χ1) is 16.4. The molecular weight excluding hydrogens is 496 g/mol. The monoisotopic (exact) mass is 510 g/mol. The van der Waals surface area contributed by atoms with Gasteiger partial charge in [0.15, 0.2) is 0 Å². The lowest BCUT2D eigenvalue weighted by Gasteiger charge is -2.09. The van der Waals surface area contributed by atoms with Gasteiger partial charge in [0.25, 0.3) is 11.1 Å². The average Bonchev–Trinajstić information content (AvgIpc) is 3.50. The van der Waals surface area contributed by atoms with Crippen molar-refractivity contribution >= 4 is 61.5 Å². The van der Waals surface area contributed by atoms with E-state index in [-0.39, 0.29) is 21.7 Å². The molecule has 0 saturated carbocycles. The highest BCUT2D eigenvalue weighted by molar-refractivity contribution is 7.19. The predicted octanol–water partition coefficient (Wildman–Crippen LogP) is 4.37. The average molecular weight is 511 g/mol. The van der Waals surface area contributed by atoms with Crippen LogP contribution in [0.3, 0.4) is 0 Å². The molecule has 7 nitrogen and oxygen atoms in total. The zero-order valence-electron chi connectivity index (χ0n) is 17.5. The maximum atomic E-state index is 13.3. The first-order valence-corrected chi connectivity index (χ1v) is 12.6. The maximum absolute atomic E-state index is 13.3. The number of aromatic nitrogens is 2. The SMILES string of the molecule is O=C(O)c1cc(-c2ccc(C=c3sc4nc(=O)c5c6c(sc5n4c3=O)CCCC6)o2)ccc1Cl. The van der Waals surface area contributed by atoms with Gasteiger partial charge in [0.2, 0.25) is 4.96 Å². The fraction of sp³-hybridized carbons (Fsp3) is 0.167. The van der Waals surface area contributed by atoms with Crippen molar-refractivity contribution < 1.29 is 14.3 Å². The number of rotatable bonds is 3. The number of fused-ring (bicyclic) bond motifs is 5. The Kier molecular flexibility index (Phi) is 4.94. The highest BCUT2D eigenvalue weighted by Crippen LogP contribution is 2.34. The summed E-state index contributed by atoms with van der Waals surface area (Å²) in [6, 6.07) is 8.01. The van der Waals surface area contributed by atoms with E-state index in [0.717, 1.165) is 42.6 Å². The van der Waals surface area contributed by atoms with Gasteiger partial charge < -0.3 is 9.52 Å². The number of carbonyl (C=O) groups is 1. The van der Waals surface area contributed by atoms with Crippen LogP contribution in [0.1, 0.15) is 39.4 Å². The minimum Gasteiger partial charge on any atom is -0.478 e. The third-order valence-electron chi connectivity index (χ3n) is 5.95. The van der Waals surface area contributed by atoms with Crippen LogP contribution < -0.4 is 15.7 Å². The number of hydrogen-bond donors (Lipinski definition) is 1. The lowest BCUT2D eigenvalue weighted by molar-refractivity contribution is 0.0697. The number of thiazole rings is 1. The Balaban J connectivity index is 1.48. The van der Waals surface area contributed by atoms with E-state index < -0.39 is 5.97 Å². The molecule has 5 aromatic rings. The summed E-state index contributed by atoms with van der Waals surface area (Å²) in [5.74, 6) is -0.259. The molecule has 4 aromatic heterocycles. The van der Waals surface area contributed by atoms with Crippen LogP contribution in [-0.2, 0) is 12.8 Å². The van der Waals surface area contributed by atoms with Crippen molar-refractivity contribution in [2.24, 2.45) is 0 Å². The van der Waals surface area contributed by atoms with Crippen LogP contribution in [0.25, 0.3) is 32.6 Å². The number of benzene rings is 1. The molecule has 0 fully saturated rings. The molecular formula is C24H15ClN2O5S2. The summed E-state index contributed by atoms with van der Waals surface area (Å²) in [4.78, 5) is 43.9. The number of hydrogen-bond acceptors (Lipinski definition) is 7. The minimum atomic E-state index is -1.13. The van der Waals surface area contributed by atoms with Crippen molar-refractivity contribution in [1.29, 1.82) is 0 Å². The molecule has 170 valence electrons. The van der Waals surface area contributed by atoms with Gasteiger partial charge in [-0.3, -0.25) is 9.59 Å². The van der Waals surface area contributed by atoms with Gasteiger partial charge in [0, 0.05) is 16.5 Å². The second-order valence-electron chi connectivity index (χ2n) is 8.04. The molecule has 0 unspecified atom stereocenters. The summed E-state index contributed by atoms with van der Waals surface area (Å²) >= 11 is 8.61. The smallest absolute Gasteiger partial charge is 0.337 e. The molecule has 1 N–H and O–H groups in total. The van der Waals surface area contributed by atoms with Gasteiger partial charge in [0.05, 0.1) is 16.0 Å². The standard InChI is InChI=1S/C24H15ClN2O5S2/c25-15-7-5-11(9-14(15)23(30)31)16-8-6-12(32-16)10-18-21(29)27-22-19(20(28)26-24(27)34-18)13-3-1-2-4-17(13)33-22/h5-10H,1-4H2,(H,30,31). The normalized spacial score (nSPS) is 14.2. The zero-order valence-corrected chi connectivity index (χ0v) is 19.9. The molecule has 0 saturated heterocycles. The Hall–Kier alpha value is -3.27. The van der Waals surface area contributed by atoms with Crippen LogP contribution in [0.5, 0.6) is 0 Å². The van der Waals surface area contributed by atoms with Crippen LogP contribution in [0.4, 0.5) is 0 Å². The van der Waals surface area contributed by atoms with E-state index in [1.165, 1.54) is 28.3 Å². The maximum Gasteiger partial charge on any atom is 0.337 e. The van der Waals surface area contributed by atoms with Gasteiger partial charge in [-0.1, -0.05) is 22.9 Å². The molecule has 0 spiro atoms. The van der Waals surface area contributed by atoms with Gasteiger partial charge in [-0.05, 0) is 61.6 Å². The molecule has 0 amide bonds. The van der Waals surface area contributed by atoms with E-state index in [2.05, 4.69) is 4.98 Å². The fourth-order valence-electron chi connectivity index (χ4n) is 4.36. The number of carboxylic acid groups (broad SMARTS) is 1. The highest BCUT2D eigenvalue weighted by Gasteiger charge is 2.22. The number of halogens is 1. The van der Waals surface area contributed by atoms with Crippen molar-refractivity contribution in [3.63, 3.8) is 0 Å². The second kappa shape index (κ2) is 7.90. The first-order valence-electron chi connectivity index (χ1n) is 10.6. The van der Waals surface area contributed by atoms with Crippen LogP contribution in [0.2, 0.25) is 5.02 Å². The van der Waals surface area contributed by atoms with Gasteiger partial charge in [0.1, 0.15) is 20.9 Å². The molecule has 1 aliphatic carbocycles. The van der Waals surface area contributed by atoms with Crippen molar-refractivity contribution in [3.8, 4) is 11.3 Å². The first kappa shape index (κ1) is 21.3. The number of aromatic carboxylic acids is 1. The Morgan fingerprint density at radius 1 is 1.15 bits per heavy atom.